The summed E-state index contributed by atoms with van der Waals surface area (Å²) in [5.74, 6) is -0.519. The van der Waals surface area contributed by atoms with Gasteiger partial charge in [0.1, 0.15) is 0 Å². The molecule has 0 aromatic heterocycles. The minimum atomic E-state index is -3.81. The predicted octanol–water partition coefficient (Wildman–Crippen LogP) is 0.283. The van der Waals surface area contributed by atoms with Crippen LogP contribution in [0.5, 0.6) is 0 Å². The second kappa shape index (κ2) is 5.36. The van der Waals surface area contributed by atoms with Crippen LogP contribution < -0.4 is 10.0 Å². The van der Waals surface area contributed by atoms with Gasteiger partial charge in [0, 0.05) is 19.8 Å². The third kappa shape index (κ3) is 2.84. The van der Waals surface area contributed by atoms with Gasteiger partial charge in [0.15, 0.2) is 0 Å². The van der Waals surface area contributed by atoms with E-state index in [-0.39, 0.29) is 23.3 Å². The molecule has 2 rings (SSSR count). The second-order valence-electron chi connectivity index (χ2n) is 5.90. The average molecular weight is 325 g/mol. The van der Waals surface area contributed by atoms with E-state index in [0.29, 0.717) is 11.3 Å². The largest absolute Gasteiger partial charge is 0.348 e. The monoisotopic (exact) mass is 325 g/mol. The number of carbonyl (C=O) groups excluding carboxylic acids is 2. The standard InChI is InChI=1S/C14H19N3O4S/c1-14(2)10-7-9(5-6-11(10)16-13(14)19)22(20,21)15-8-12(18)17(3)4/h5-7,15H,8H2,1-4H3,(H,16,19). The summed E-state index contributed by atoms with van der Waals surface area (Å²) in [6.45, 7) is 3.15. The molecule has 0 aliphatic carbocycles. The van der Waals surface area contributed by atoms with Crippen LogP contribution in [0.3, 0.4) is 0 Å². The van der Waals surface area contributed by atoms with Crippen LogP contribution in [0.1, 0.15) is 19.4 Å². The Hall–Kier alpha value is -1.93. The summed E-state index contributed by atoms with van der Waals surface area (Å²) in [5.41, 5.74) is 0.443. The van der Waals surface area contributed by atoms with Crippen molar-refractivity contribution in [1.29, 1.82) is 0 Å². The molecule has 2 amide bonds. The Morgan fingerprint density at radius 1 is 1.32 bits per heavy atom. The van der Waals surface area contributed by atoms with Gasteiger partial charge in [-0.25, -0.2) is 13.1 Å². The number of sulfonamides is 1. The Morgan fingerprint density at radius 2 is 1.95 bits per heavy atom. The fraction of sp³-hybridized carbons (Fsp3) is 0.429. The van der Waals surface area contributed by atoms with Gasteiger partial charge in [-0.2, -0.15) is 0 Å². The van der Waals surface area contributed by atoms with E-state index in [1.54, 1.807) is 34.0 Å². The molecule has 0 spiro atoms. The summed E-state index contributed by atoms with van der Waals surface area (Å²) in [6.07, 6.45) is 0. The summed E-state index contributed by atoms with van der Waals surface area (Å²) >= 11 is 0. The topological polar surface area (TPSA) is 95.6 Å². The van der Waals surface area contributed by atoms with Crippen molar-refractivity contribution in [3.05, 3.63) is 23.8 Å². The van der Waals surface area contributed by atoms with Crippen LogP contribution in [-0.2, 0) is 25.0 Å². The van der Waals surface area contributed by atoms with Gasteiger partial charge in [-0.3, -0.25) is 9.59 Å². The van der Waals surface area contributed by atoms with Gasteiger partial charge in [0.25, 0.3) is 0 Å². The molecule has 1 aliphatic heterocycles. The first kappa shape index (κ1) is 16.4. The van der Waals surface area contributed by atoms with Gasteiger partial charge in [-0.1, -0.05) is 0 Å². The van der Waals surface area contributed by atoms with Crippen molar-refractivity contribution in [3.8, 4) is 0 Å². The molecule has 0 unspecified atom stereocenters. The number of anilines is 1. The van der Waals surface area contributed by atoms with Crippen molar-refractivity contribution in [2.75, 3.05) is 26.0 Å². The van der Waals surface area contributed by atoms with Crippen molar-refractivity contribution >= 4 is 27.5 Å². The molecule has 1 heterocycles. The molecular formula is C14H19N3O4S. The molecule has 1 aromatic rings. The molecule has 0 fully saturated rings. The van der Waals surface area contributed by atoms with E-state index >= 15 is 0 Å². The fourth-order valence-corrected chi connectivity index (χ4v) is 3.12. The highest BCUT2D eigenvalue weighted by atomic mass is 32.2. The maximum atomic E-state index is 12.3. The molecule has 1 aromatic carbocycles. The third-order valence-electron chi connectivity index (χ3n) is 3.70. The number of nitrogens with one attached hydrogen (secondary N) is 2. The Morgan fingerprint density at radius 3 is 2.55 bits per heavy atom. The number of rotatable bonds is 4. The highest BCUT2D eigenvalue weighted by Crippen LogP contribution is 2.38. The minimum Gasteiger partial charge on any atom is -0.348 e. The van der Waals surface area contributed by atoms with Crippen LogP contribution in [0.2, 0.25) is 0 Å². The quantitative estimate of drug-likeness (QED) is 0.831. The number of hydrogen-bond donors (Lipinski definition) is 2. The zero-order chi connectivity index (χ0) is 16.7. The van der Waals surface area contributed by atoms with Gasteiger partial charge < -0.3 is 10.2 Å². The van der Waals surface area contributed by atoms with Crippen molar-refractivity contribution in [2.45, 2.75) is 24.2 Å². The van der Waals surface area contributed by atoms with E-state index in [9.17, 15) is 18.0 Å². The van der Waals surface area contributed by atoms with E-state index in [4.69, 9.17) is 0 Å². The first-order valence-electron chi connectivity index (χ1n) is 6.71. The summed E-state index contributed by atoms with van der Waals surface area (Å²) in [4.78, 5) is 24.7. The fourth-order valence-electron chi connectivity index (χ4n) is 2.12. The molecule has 120 valence electrons. The Labute approximate surface area is 129 Å². The first-order valence-corrected chi connectivity index (χ1v) is 8.20. The third-order valence-corrected chi connectivity index (χ3v) is 5.10. The smallest absolute Gasteiger partial charge is 0.241 e. The number of carbonyl (C=O) groups is 2. The lowest BCUT2D eigenvalue weighted by molar-refractivity contribution is -0.127. The molecule has 0 saturated carbocycles. The summed E-state index contributed by atoms with van der Waals surface area (Å²) in [5, 5.41) is 2.72. The van der Waals surface area contributed by atoms with Crippen molar-refractivity contribution in [1.82, 2.24) is 9.62 Å². The Kier molecular flexibility index (Phi) is 4.01. The molecule has 0 saturated heterocycles. The Balaban J connectivity index is 2.29. The van der Waals surface area contributed by atoms with E-state index in [0.717, 1.165) is 0 Å². The van der Waals surface area contributed by atoms with Crippen molar-refractivity contribution in [2.24, 2.45) is 0 Å². The predicted molar refractivity (Wildman–Crippen MR) is 82.0 cm³/mol. The minimum absolute atomic E-state index is 0.0300. The van der Waals surface area contributed by atoms with E-state index < -0.39 is 15.4 Å². The van der Waals surface area contributed by atoms with Crippen molar-refractivity contribution < 1.29 is 18.0 Å². The van der Waals surface area contributed by atoms with E-state index in [2.05, 4.69) is 10.0 Å². The number of fused-ring (bicyclic) bond motifs is 1. The van der Waals surface area contributed by atoms with Gasteiger partial charge in [0.2, 0.25) is 21.8 Å². The van der Waals surface area contributed by atoms with Crippen LogP contribution in [0.4, 0.5) is 5.69 Å². The summed E-state index contributed by atoms with van der Waals surface area (Å²) < 4.78 is 26.8. The summed E-state index contributed by atoms with van der Waals surface area (Å²) in [6, 6.07) is 4.43. The first-order chi connectivity index (χ1) is 10.1. The highest BCUT2D eigenvalue weighted by Gasteiger charge is 2.39. The molecular weight excluding hydrogens is 306 g/mol. The molecule has 2 N–H and O–H groups in total. The number of nitrogens with zero attached hydrogens (tertiary/aromatic N) is 1. The molecule has 0 atom stereocenters. The molecule has 7 nitrogen and oxygen atoms in total. The molecule has 0 bridgehead atoms. The maximum absolute atomic E-state index is 12.3. The number of amides is 2. The van der Waals surface area contributed by atoms with Crippen LogP contribution in [0, 0.1) is 0 Å². The van der Waals surface area contributed by atoms with E-state index in [1.165, 1.54) is 17.0 Å². The normalized spacial score (nSPS) is 16.1. The lowest BCUT2D eigenvalue weighted by atomic mass is 9.86. The van der Waals surface area contributed by atoms with Crippen LogP contribution in [0.15, 0.2) is 23.1 Å². The second-order valence-corrected chi connectivity index (χ2v) is 7.67. The van der Waals surface area contributed by atoms with Gasteiger partial charge in [-0.15, -0.1) is 0 Å². The molecule has 8 heteroatoms. The molecule has 1 aliphatic rings. The number of likely N-dealkylation sites (N-methyl/N-ethyl adjacent to an activating group) is 1. The van der Waals surface area contributed by atoms with E-state index in [1.807, 2.05) is 0 Å². The van der Waals surface area contributed by atoms with Crippen LogP contribution in [0.25, 0.3) is 0 Å². The van der Waals surface area contributed by atoms with Gasteiger partial charge >= 0.3 is 0 Å². The van der Waals surface area contributed by atoms with Gasteiger partial charge in [-0.05, 0) is 37.6 Å². The van der Waals surface area contributed by atoms with Crippen LogP contribution in [-0.4, -0.2) is 45.8 Å². The number of hydrogen-bond acceptors (Lipinski definition) is 4. The van der Waals surface area contributed by atoms with Gasteiger partial charge in [0.05, 0.1) is 16.9 Å². The molecule has 22 heavy (non-hydrogen) atoms. The van der Waals surface area contributed by atoms with Crippen LogP contribution >= 0.6 is 0 Å². The lowest BCUT2D eigenvalue weighted by Gasteiger charge is -2.16. The number of benzene rings is 1. The zero-order valence-corrected chi connectivity index (χ0v) is 13.7. The highest BCUT2D eigenvalue weighted by molar-refractivity contribution is 7.89. The summed E-state index contributed by atoms with van der Waals surface area (Å²) in [7, 11) is -0.720. The Bertz CT molecular complexity index is 738. The average Bonchev–Trinajstić information content (AvgIpc) is 2.66. The maximum Gasteiger partial charge on any atom is 0.241 e. The van der Waals surface area contributed by atoms with Crippen molar-refractivity contribution in [3.63, 3.8) is 0 Å². The molecule has 0 radical (unpaired) electrons. The SMILES string of the molecule is CN(C)C(=O)CNS(=O)(=O)c1ccc2c(c1)C(C)(C)C(=O)N2. The zero-order valence-electron chi connectivity index (χ0n) is 12.9. The lowest BCUT2D eigenvalue weighted by Crippen LogP contribution is -2.36.